The number of rotatable bonds is 2. The zero-order valence-electron chi connectivity index (χ0n) is 19.7. The molecule has 3 aliphatic heterocycles. The lowest BCUT2D eigenvalue weighted by molar-refractivity contribution is -0.147. The number of imide groups is 1. The van der Waals surface area contributed by atoms with Crippen molar-refractivity contribution < 1.29 is 14.4 Å². The van der Waals surface area contributed by atoms with Gasteiger partial charge in [-0.25, -0.2) is 0 Å². The number of nitrogens with zero attached hydrogens (tertiary/aromatic N) is 1. The summed E-state index contributed by atoms with van der Waals surface area (Å²) in [7, 11) is 0. The number of H-pyrrole nitrogens is 1. The first-order chi connectivity index (χ1) is 16.1. The fourth-order valence-electron chi connectivity index (χ4n) is 6.29. The third-order valence-electron chi connectivity index (χ3n) is 7.66. The first kappa shape index (κ1) is 21.1. The SMILES string of the molecule is Cc1ccc2c(c1)[C@@]1(N[C@@H](Cc3c[nH]c4ccccc34)[C@H]3C(=O)N(C(C)(C)C)C(=O)[C@H]31)C(=O)N2. The second-order valence-electron chi connectivity index (χ2n) is 10.8. The zero-order valence-corrected chi connectivity index (χ0v) is 19.7. The van der Waals surface area contributed by atoms with E-state index in [1.54, 1.807) is 0 Å². The molecular weight excluding hydrogens is 428 g/mol. The Morgan fingerprint density at radius 1 is 1.03 bits per heavy atom. The molecule has 7 heteroatoms. The van der Waals surface area contributed by atoms with Crippen LogP contribution in [0.15, 0.2) is 48.7 Å². The number of benzene rings is 2. The Morgan fingerprint density at radius 3 is 2.56 bits per heavy atom. The molecule has 0 unspecified atom stereocenters. The Balaban J connectivity index is 1.51. The number of hydrogen-bond acceptors (Lipinski definition) is 4. The van der Waals surface area contributed by atoms with Gasteiger partial charge in [-0.15, -0.1) is 0 Å². The molecule has 3 aliphatic rings. The molecule has 0 bridgehead atoms. The van der Waals surface area contributed by atoms with E-state index >= 15 is 0 Å². The van der Waals surface area contributed by atoms with E-state index in [-0.39, 0.29) is 23.8 Å². The molecule has 174 valence electrons. The van der Waals surface area contributed by atoms with Crippen LogP contribution in [0.25, 0.3) is 10.9 Å². The first-order valence-electron chi connectivity index (χ1n) is 11.8. The Kier molecular flexibility index (Phi) is 4.22. The maximum absolute atomic E-state index is 13.9. The highest BCUT2D eigenvalue weighted by molar-refractivity contribution is 6.15. The Bertz CT molecular complexity index is 1380. The molecule has 4 atom stereocenters. The predicted molar refractivity (Wildman–Crippen MR) is 129 cm³/mol. The van der Waals surface area contributed by atoms with Gasteiger partial charge in [0.1, 0.15) is 5.54 Å². The van der Waals surface area contributed by atoms with Crippen molar-refractivity contribution in [1.82, 2.24) is 15.2 Å². The van der Waals surface area contributed by atoms with Crippen molar-refractivity contribution in [2.75, 3.05) is 5.32 Å². The van der Waals surface area contributed by atoms with E-state index in [9.17, 15) is 14.4 Å². The minimum atomic E-state index is -1.27. The van der Waals surface area contributed by atoms with E-state index in [2.05, 4.69) is 15.6 Å². The monoisotopic (exact) mass is 456 g/mol. The van der Waals surface area contributed by atoms with Gasteiger partial charge in [0.15, 0.2) is 0 Å². The van der Waals surface area contributed by atoms with Gasteiger partial charge in [-0.1, -0.05) is 35.9 Å². The summed E-state index contributed by atoms with van der Waals surface area (Å²) in [5, 5.41) is 7.60. The topological polar surface area (TPSA) is 94.3 Å². The molecule has 3 N–H and O–H groups in total. The van der Waals surface area contributed by atoms with Crippen LogP contribution in [-0.4, -0.2) is 39.2 Å². The number of fused-ring (bicyclic) bond motifs is 5. The number of anilines is 1. The van der Waals surface area contributed by atoms with Gasteiger partial charge in [0.25, 0.3) is 0 Å². The number of amides is 3. The lowest BCUT2D eigenvalue weighted by Crippen LogP contribution is -2.56. The number of hydrogen-bond donors (Lipinski definition) is 3. The number of nitrogens with one attached hydrogen (secondary N) is 3. The molecular formula is C27H28N4O3. The Morgan fingerprint density at radius 2 is 1.79 bits per heavy atom. The molecule has 3 aromatic rings. The summed E-state index contributed by atoms with van der Waals surface area (Å²) in [6.45, 7) is 7.57. The lowest BCUT2D eigenvalue weighted by Gasteiger charge is -2.34. The molecule has 1 aromatic heterocycles. The largest absolute Gasteiger partial charge is 0.361 e. The van der Waals surface area contributed by atoms with Crippen molar-refractivity contribution in [2.45, 2.75) is 51.2 Å². The van der Waals surface area contributed by atoms with Crippen molar-refractivity contribution in [3.05, 3.63) is 65.4 Å². The van der Waals surface area contributed by atoms with Crippen LogP contribution in [0, 0.1) is 18.8 Å². The summed E-state index contributed by atoms with van der Waals surface area (Å²) in [5.41, 5.74) is 2.59. The fourth-order valence-corrected chi connectivity index (χ4v) is 6.29. The van der Waals surface area contributed by atoms with Gasteiger partial charge in [0.05, 0.1) is 11.8 Å². The molecule has 0 aliphatic carbocycles. The van der Waals surface area contributed by atoms with Crippen LogP contribution in [0.2, 0.25) is 0 Å². The molecule has 1 spiro atoms. The second-order valence-corrected chi connectivity index (χ2v) is 10.8. The summed E-state index contributed by atoms with van der Waals surface area (Å²) in [5.74, 6) is -2.16. The van der Waals surface area contributed by atoms with Gasteiger partial charge in [-0.3, -0.25) is 24.6 Å². The highest BCUT2D eigenvalue weighted by Gasteiger charge is 2.71. The fraction of sp³-hybridized carbons (Fsp3) is 0.370. The summed E-state index contributed by atoms with van der Waals surface area (Å²) in [6.07, 6.45) is 2.49. The van der Waals surface area contributed by atoms with Crippen molar-refractivity contribution in [1.29, 1.82) is 0 Å². The number of para-hydroxylation sites is 1. The van der Waals surface area contributed by atoms with Gasteiger partial charge in [0.2, 0.25) is 17.7 Å². The van der Waals surface area contributed by atoms with Gasteiger partial charge >= 0.3 is 0 Å². The van der Waals surface area contributed by atoms with E-state index < -0.39 is 22.9 Å². The highest BCUT2D eigenvalue weighted by Crippen LogP contribution is 2.54. The maximum Gasteiger partial charge on any atom is 0.250 e. The van der Waals surface area contributed by atoms with Crippen LogP contribution in [0.5, 0.6) is 0 Å². The number of aromatic nitrogens is 1. The smallest absolute Gasteiger partial charge is 0.250 e. The minimum Gasteiger partial charge on any atom is -0.361 e. The Labute approximate surface area is 197 Å². The van der Waals surface area contributed by atoms with Gasteiger partial charge in [-0.2, -0.15) is 0 Å². The number of aromatic amines is 1. The zero-order chi connectivity index (χ0) is 24.0. The molecule has 34 heavy (non-hydrogen) atoms. The van der Waals surface area contributed by atoms with E-state index in [4.69, 9.17) is 0 Å². The quantitative estimate of drug-likeness (QED) is 0.516. The van der Waals surface area contributed by atoms with Crippen molar-refractivity contribution in [3.63, 3.8) is 0 Å². The molecule has 3 amide bonds. The minimum absolute atomic E-state index is 0.203. The summed E-state index contributed by atoms with van der Waals surface area (Å²) in [4.78, 5) is 46.0. The molecule has 2 saturated heterocycles. The Hall–Kier alpha value is -3.45. The van der Waals surface area contributed by atoms with E-state index in [1.807, 2.05) is 76.4 Å². The molecule has 0 radical (unpaired) electrons. The van der Waals surface area contributed by atoms with Gasteiger partial charge < -0.3 is 10.3 Å². The van der Waals surface area contributed by atoms with Crippen molar-refractivity contribution in [3.8, 4) is 0 Å². The van der Waals surface area contributed by atoms with Crippen LogP contribution >= 0.6 is 0 Å². The summed E-state index contributed by atoms with van der Waals surface area (Å²) >= 11 is 0. The predicted octanol–water partition coefficient (Wildman–Crippen LogP) is 3.24. The highest BCUT2D eigenvalue weighted by atomic mass is 16.2. The standard InChI is InChI=1S/C27H28N4O3/c1-14-9-10-19-17(11-14)27(25(34)29-19)22-21(23(32)31(24(22)33)26(2,3)4)20(30-27)12-15-13-28-18-8-6-5-7-16(15)18/h5-11,13,20-22,28,30H,12H2,1-4H3,(H,29,34)/t20-,21+,22-,27-/m0/s1. The third-order valence-corrected chi connectivity index (χ3v) is 7.66. The molecule has 0 saturated carbocycles. The molecule has 7 nitrogen and oxygen atoms in total. The van der Waals surface area contributed by atoms with Crippen LogP contribution in [0.4, 0.5) is 5.69 Å². The van der Waals surface area contributed by atoms with Crippen LogP contribution < -0.4 is 10.6 Å². The number of aryl methyl sites for hydroxylation is 1. The van der Waals surface area contributed by atoms with E-state index in [1.165, 1.54) is 4.90 Å². The van der Waals surface area contributed by atoms with Crippen LogP contribution in [-0.2, 0) is 26.3 Å². The average Bonchev–Trinajstić information content (AvgIpc) is 3.47. The first-order valence-corrected chi connectivity index (χ1v) is 11.8. The molecule has 4 heterocycles. The molecule has 6 rings (SSSR count). The van der Waals surface area contributed by atoms with Gasteiger partial charge in [0, 0.05) is 39.9 Å². The maximum atomic E-state index is 13.9. The van der Waals surface area contributed by atoms with E-state index in [0.29, 0.717) is 12.1 Å². The molecule has 2 aromatic carbocycles. The summed E-state index contributed by atoms with van der Waals surface area (Å²) in [6, 6.07) is 13.4. The number of carbonyl (C=O) groups excluding carboxylic acids is 3. The van der Waals surface area contributed by atoms with Crippen LogP contribution in [0.3, 0.4) is 0 Å². The van der Waals surface area contributed by atoms with Crippen molar-refractivity contribution >= 4 is 34.3 Å². The average molecular weight is 457 g/mol. The van der Waals surface area contributed by atoms with Crippen LogP contribution in [0.1, 0.15) is 37.5 Å². The molecule has 2 fully saturated rings. The second kappa shape index (κ2) is 6.79. The normalized spacial score (nSPS) is 28.2. The summed E-state index contributed by atoms with van der Waals surface area (Å²) < 4.78 is 0. The third kappa shape index (κ3) is 2.64. The number of carbonyl (C=O) groups is 3. The lowest BCUT2D eigenvalue weighted by atomic mass is 9.76. The van der Waals surface area contributed by atoms with Crippen molar-refractivity contribution in [2.24, 2.45) is 11.8 Å². The van der Waals surface area contributed by atoms with Gasteiger partial charge in [-0.05, 0) is 51.8 Å². The number of likely N-dealkylation sites (tertiary alicyclic amines) is 1. The van der Waals surface area contributed by atoms with E-state index in [0.717, 1.165) is 27.6 Å².